The molecule has 1 aliphatic heterocycles. The van der Waals surface area contributed by atoms with Crippen LogP contribution in [0.25, 0.3) is 0 Å². The van der Waals surface area contributed by atoms with Crippen LogP contribution in [0.5, 0.6) is 17.2 Å². The van der Waals surface area contributed by atoms with Crippen molar-refractivity contribution in [2.45, 2.75) is 75.8 Å². The molecule has 1 aromatic heterocycles. The number of carbonyl (C=O) groups is 3. The molecular formula is C31H33N3O11. The zero-order valence-electron chi connectivity index (χ0n) is 24.8. The number of aliphatic hydroxyl groups is 3. The number of hydrogen-bond donors (Lipinski definition) is 5. The minimum atomic E-state index is -2.05. The normalized spacial score (nSPS) is 27.5. The Morgan fingerprint density at radius 3 is 2.58 bits per heavy atom. The van der Waals surface area contributed by atoms with Crippen LogP contribution in [0.1, 0.15) is 87.5 Å². The maximum Gasteiger partial charge on any atom is 0.202 e. The van der Waals surface area contributed by atoms with E-state index in [1.807, 2.05) is 0 Å². The van der Waals surface area contributed by atoms with Crippen molar-refractivity contribution in [2.75, 3.05) is 13.7 Å². The van der Waals surface area contributed by atoms with Crippen LogP contribution in [0.4, 0.5) is 0 Å². The highest BCUT2D eigenvalue weighted by molar-refractivity contribution is 6.31. The summed E-state index contributed by atoms with van der Waals surface area (Å²) in [5.41, 5.74) is -2.72. The van der Waals surface area contributed by atoms with Gasteiger partial charge in [0.1, 0.15) is 29.0 Å². The molecule has 0 radical (unpaired) electrons. The van der Waals surface area contributed by atoms with Gasteiger partial charge in [0, 0.05) is 55.2 Å². The first-order valence-electron chi connectivity index (χ1n) is 14.5. The number of benzene rings is 2. The summed E-state index contributed by atoms with van der Waals surface area (Å²) >= 11 is 0. The fourth-order valence-corrected chi connectivity index (χ4v) is 6.57. The number of carbonyl (C=O) groups excluding carboxylic acids is 3. The molecule has 1 saturated heterocycles. The number of ketones is 3. The van der Waals surface area contributed by atoms with Gasteiger partial charge in [-0.2, -0.15) is 0 Å². The zero-order valence-corrected chi connectivity index (χ0v) is 24.8. The molecule has 0 amide bonds. The first-order chi connectivity index (χ1) is 21.4. The summed E-state index contributed by atoms with van der Waals surface area (Å²) in [4.78, 5) is 40.2. The molecule has 14 nitrogen and oxygen atoms in total. The van der Waals surface area contributed by atoms with Gasteiger partial charge in [-0.15, -0.1) is 5.10 Å². The SMILES string of the molecule is COc1cccc2c1C(=O)c1c(O)c3c(c(O)c1C2=O)C[C@@](O)(C(C)=O)C[C@@H]3O[C@H]1C[C@H](n2cc(CCO)nn2)[C@H](O)[C@H](C)O1. The molecule has 2 aromatic carbocycles. The van der Waals surface area contributed by atoms with Crippen LogP contribution < -0.4 is 4.74 Å². The van der Waals surface area contributed by atoms with Gasteiger partial charge >= 0.3 is 0 Å². The molecule has 2 heterocycles. The van der Waals surface area contributed by atoms with Crippen LogP contribution in [0.15, 0.2) is 24.4 Å². The van der Waals surface area contributed by atoms with Gasteiger partial charge in [-0.05, 0) is 19.9 Å². The fourth-order valence-electron chi connectivity index (χ4n) is 6.57. The summed E-state index contributed by atoms with van der Waals surface area (Å²) in [6.45, 7) is 2.66. The van der Waals surface area contributed by atoms with Gasteiger partial charge in [-0.25, -0.2) is 4.68 Å². The van der Waals surface area contributed by atoms with Crippen molar-refractivity contribution in [2.24, 2.45) is 0 Å². The Balaban J connectivity index is 1.43. The highest BCUT2D eigenvalue weighted by atomic mass is 16.7. The number of rotatable bonds is 7. The Labute approximate surface area is 256 Å². The van der Waals surface area contributed by atoms with Crippen molar-refractivity contribution < 1.29 is 54.1 Å². The molecule has 2 aliphatic carbocycles. The first-order valence-corrected chi connectivity index (χ1v) is 14.5. The molecule has 3 aliphatic rings. The second kappa shape index (κ2) is 11.3. The number of Topliss-reactive ketones (excluding diaryl/α,β-unsaturated/α-hetero) is 1. The summed E-state index contributed by atoms with van der Waals surface area (Å²) in [6, 6.07) is 3.74. The van der Waals surface area contributed by atoms with E-state index >= 15 is 0 Å². The van der Waals surface area contributed by atoms with E-state index in [0.717, 1.165) is 0 Å². The van der Waals surface area contributed by atoms with Crippen LogP contribution >= 0.6 is 0 Å². The van der Waals surface area contributed by atoms with Gasteiger partial charge in [0.05, 0.1) is 47.7 Å². The molecule has 5 N–H and O–H groups in total. The molecular weight excluding hydrogens is 590 g/mol. The highest BCUT2D eigenvalue weighted by Crippen LogP contribution is 2.52. The largest absolute Gasteiger partial charge is 0.507 e. The lowest BCUT2D eigenvalue weighted by Gasteiger charge is -2.42. The number of aromatic hydroxyl groups is 2. The van der Waals surface area contributed by atoms with Gasteiger partial charge in [-0.3, -0.25) is 14.4 Å². The van der Waals surface area contributed by atoms with E-state index in [0.29, 0.717) is 5.69 Å². The van der Waals surface area contributed by atoms with Crippen molar-refractivity contribution in [3.63, 3.8) is 0 Å². The smallest absolute Gasteiger partial charge is 0.202 e. The third kappa shape index (κ3) is 4.89. The number of aromatic nitrogens is 3. The summed E-state index contributed by atoms with van der Waals surface area (Å²) in [5, 5.41) is 62.8. The number of ether oxygens (including phenoxy) is 3. The maximum atomic E-state index is 13.8. The number of phenols is 2. The molecule has 1 fully saturated rings. The summed E-state index contributed by atoms with van der Waals surface area (Å²) in [7, 11) is 1.33. The predicted octanol–water partition coefficient (Wildman–Crippen LogP) is 1.07. The van der Waals surface area contributed by atoms with Crippen LogP contribution in [0.2, 0.25) is 0 Å². The minimum absolute atomic E-state index is 0.0252. The summed E-state index contributed by atoms with van der Waals surface area (Å²) in [5.74, 6) is -3.30. The molecule has 0 saturated carbocycles. The van der Waals surface area contributed by atoms with Gasteiger partial charge in [0.25, 0.3) is 0 Å². The van der Waals surface area contributed by atoms with E-state index in [4.69, 9.17) is 14.2 Å². The van der Waals surface area contributed by atoms with Crippen LogP contribution in [0, 0.1) is 0 Å². The van der Waals surface area contributed by atoms with E-state index < -0.39 is 82.6 Å². The lowest BCUT2D eigenvalue weighted by Crippen LogP contribution is -2.48. The predicted molar refractivity (Wildman–Crippen MR) is 152 cm³/mol. The summed E-state index contributed by atoms with van der Waals surface area (Å²) < 4.78 is 19.0. The topological polar surface area (TPSA) is 211 Å². The Kier molecular flexibility index (Phi) is 7.73. The molecule has 45 heavy (non-hydrogen) atoms. The number of hydrogen-bond acceptors (Lipinski definition) is 13. The van der Waals surface area contributed by atoms with Crippen molar-refractivity contribution in [1.29, 1.82) is 0 Å². The van der Waals surface area contributed by atoms with Crippen LogP contribution in [0.3, 0.4) is 0 Å². The highest BCUT2D eigenvalue weighted by Gasteiger charge is 2.49. The van der Waals surface area contributed by atoms with E-state index in [9.17, 15) is 39.9 Å². The van der Waals surface area contributed by atoms with E-state index in [2.05, 4.69) is 10.3 Å². The lowest BCUT2D eigenvalue weighted by molar-refractivity contribution is -0.255. The fraction of sp³-hybridized carbons (Fsp3) is 0.452. The molecule has 6 rings (SSSR count). The third-order valence-electron chi connectivity index (χ3n) is 8.99. The van der Waals surface area contributed by atoms with Crippen LogP contribution in [-0.2, 0) is 27.1 Å². The molecule has 0 bridgehead atoms. The van der Waals surface area contributed by atoms with Gasteiger partial charge < -0.3 is 39.7 Å². The molecule has 14 heteroatoms. The maximum absolute atomic E-state index is 13.8. The second-order valence-corrected chi connectivity index (χ2v) is 11.7. The average Bonchev–Trinajstić information content (AvgIpc) is 3.47. The number of fused-ring (bicyclic) bond motifs is 3. The average molecular weight is 624 g/mol. The van der Waals surface area contributed by atoms with Crippen molar-refractivity contribution in [3.05, 3.63) is 63.5 Å². The Bertz CT molecular complexity index is 1720. The minimum Gasteiger partial charge on any atom is -0.507 e. The molecule has 6 atom stereocenters. The monoisotopic (exact) mass is 623 g/mol. The molecule has 0 unspecified atom stereocenters. The first kappa shape index (κ1) is 30.8. The number of aliphatic hydroxyl groups excluding tert-OH is 2. The van der Waals surface area contributed by atoms with Gasteiger partial charge in [0.2, 0.25) is 5.78 Å². The van der Waals surface area contributed by atoms with Crippen molar-refractivity contribution in [3.8, 4) is 17.2 Å². The number of methoxy groups -OCH3 is 1. The molecule has 238 valence electrons. The van der Waals surface area contributed by atoms with Crippen LogP contribution in [-0.4, -0.2) is 95.7 Å². The Morgan fingerprint density at radius 1 is 1.16 bits per heavy atom. The van der Waals surface area contributed by atoms with E-state index in [-0.39, 0.29) is 53.9 Å². The van der Waals surface area contributed by atoms with Crippen molar-refractivity contribution >= 4 is 17.3 Å². The van der Waals surface area contributed by atoms with E-state index in [1.165, 1.54) is 36.9 Å². The van der Waals surface area contributed by atoms with Crippen molar-refractivity contribution in [1.82, 2.24) is 15.0 Å². The molecule has 3 aromatic rings. The Hall–Kier alpha value is -4.21. The Morgan fingerprint density at radius 2 is 1.89 bits per heavy atom. The van der Waals surface area contributed by atoms with Gasteiger partial charge in [0.15, 0.2) is 17.9 Å². The second-order valence-electron chi connectivity index (χ2n) is 11.7. The quantitative estimate of drug-likeness (QED) is 0.183. The standard InChI is InChI=1S/C31H33N3O11/c1-13-26(37)18(34-12-15(7-8-35)32-33-34)9-21(44-13)45-20-11-31(42,14(2)36)10-17-23(20)30(41)25-24(28(17)39)27(38)16-5-4-6-19(43-3)22(16)29(25)40/h4-6,12-13,18,20-21,26,35,37,39,41-42H,7-11H2,1-3H3/t13-,18-,20-,21-,26+,31-/m0/s1. The van der Waals surface area contributed by atoms with E-state index in [1.54, 1.807) is 13.1 Å². The summed E-state index contributed by atoms with van der Waals surface area (Å²) in [6.07, 6.45) is -3.11. The zero-order chi connectivity index (χ0) is 32.4. The van der Waals surface area contributed by atoms with Gasteiger partial charge in [-0.1, -0.05) is 17.3 Å². The molecule has 0 spiro atoms. The number of phenolic OH excluding ortho intramolecular Hbond substituents is 2. The lowest BCUT2D eigenvalue weighted by atomic mass is 9.72. The number of nitrogens with zero attached hydrogens (tertiary/aromatic N) is 3. The third-order valence-corrected chi connectivity index (χ3v) is 8.99.